The lowest BCUT2D eigenvalue weighted by atomic mass is 10.2. The zero-order valence-electron chi connectivity index (χ0n) is 16.9. The second-order valence-corrected chi connectivity index (χ2v) is 10.1. The van der Waals surface area contributed by atoms with Gasteiger partial charge >= 0.3 is 0 Å². The Hall–Kier alpha value is -3.37. The van der Waals surface area contributed by atoms with E-state index in [4.69, 9.17) is 4.74 Å². The topological polar surface area (TPSA) is 114 Å². The highest BCUT2D eigenvalue weighted by Gasteiger charge is 2.22. The summed E-state index contributed by atoms with van der Waals surface area (Å²) in [4.78, 5) is 25.0. The van der Waals surface area contributed by atoms with Crippen LogP contribution in [-0.2, 0) is 10.0 Å². The Morgan fingerprint density at radius 1 is 0.938 bits per heavy atom. The first-order valence-electron chi connectivity index (χ1n) is 9.91. The van der Waals surface area contributed by atoms with Gasteiger partial charge in [-0.15, -0.1) is 11.3 Å². The molecule has 2 amide bonds. The molecule has 10 heteroatoms. The monoisotopic (exact) mass is 471 g/mol. The number of carbonyl (C=O) groups excluding carboxylic acids is 2. The standard InChI is InChI=1S/C22H21N3O5S2/c26-21(16-9-11-17(12-10-16)30-14-15-7-8-15)23-24-22(27)18-4-1-2-5-19(18)25-32(28,29)20-6-3-13-31-20/h1-6,9-13,15,25H,7-8,14H2,(H,23,26)(H,24,27). The molecule has 3 N–H and O–H groups in total. The summed E-state index contributed by atoms with van der Waals surface area (Å²) in [6.07, 6.45) is 2.39. The molecule has 1 saturated carbocycles. The molecule has 0 bridgehead atoms. The fraction of sp³-hybridized carbons (Fsp3) is 0.182. The lowest BCUT2D eigenvalue weighted by Gasteiger charge is -2.13. The predicted octanol–water partition coefficient (Wildman–Crippen LogP) is 3.41. The van der Waals surface area contributed by atoms with E-state index in [1.165, 1.54) is 31.0 Å². The van der Waals surface area contributed by atoms with Gasteiger partial charge in [-0.2, -0.15) is 0 Å². The van der Waals surface area contributed by atoms with E-state index in [1.807, 2.05) is 0 Å². The summed E-state index contributed by atoms with van der Waals surface area (Å²) in [5, 5.41) is 1.65. The van der Waals surface area contributed by atoms with Crippen molar-refractivity contribution in [2.24, 2.45) is 5.92 Å². The van der Waals surface area contributed by atoms with Crippen LogP contribution in [0.3, 0.4) is 0 Å². The van der Waals surface area contributed by atoms with E-state index in [0.29, 0.717) is 23.8 Å². The highest BCUT2D eigenvalue weighted by molar-refractivity contribution is 7.94. The number of nitrogens with one attached hydrogen (secondary N) is 3. The number of hydrogen-bond acceptors (Lipinski definition) is 6. The average molecular weight is 472 g/mol. The van der Waals surface area contributed by atoms with Gasteiger partial charge in [0.25, 0.3) is 21.8 Å². The fourth-order valence-corrected chi connectivity index (χ4v) is 4.91. The van der Waals surface area contributed by atoms with Crippen molar-refractivity contribution in [3.8, 4) is 5.75 Å². The van der Waals surface area contributed by atoms with Crippen molar-refractivity contribution >= 4 is 38.9 Å². The molecule has 0 aliphatic heterocycles. The highest BCUT2D eigenvalue weighted by Crippen LogP contribution is 2.29. The minimum Gasteiger partial charge on any atom is -0.493 e. The van der Waals surface area contributed by atoms with Crippen LogP contribution in [0.5, 0.6) is 5.75 Å². The van der Waals surface area contributed by atoms with E-state index in [0.717, 1.165) is 11.3 Å². The molecule has 3 aromatic rings. The maximum atomic E-state index is 12.6. The average Bonchev–Trinajstić information content (AvgIpc) is 3.45. The summed E-state index contributed by atoms with van der Waals surface area (Å²) < 4.78 is 33.2. The summed E-state index contributed by atoms with van der Waals surface area (Å²) >= 11 is 1.07. The molecule has 0 atom stereocenters. The third kappa shape index (κ3) is 5.45. The molecule has 0 radical (unpaired) electrons. The van der Waals surface area contributed by atoms with Gasteiger partial charge in [-0.3, -0.25) is 25.2 Å². The number of anilines is 1. The quantitative estimate of drug-likeness (QED) is 0.436. The van der Waals surface area contributed by atoms with Crippen LogP contribution in [0.15, 0.2) is 70.3 Å². The molecule has 1 aliphatic carbocycles. The number of sulfonamides is 1. The van der Waals surface area contributed by atoms with E-state index < -0.39 is 21.8 Å². The van der Waals surface area contributed by atoms with Gasteiger partial charge in [-0.05, 0) is 66.6 Å². The van der Waals surface area contributed by atoms with Gasteiger partial charge in [0, 0.05) is 5.56 Å². The molecular weight excluding hydrogens is 450 g/mol. The van der Waals surface area contributed by atoms with Crippen LogP contribution in [0.2, 0.25) is 0 Å². The Kier molecular flexibility index (Phi) is 6.42. The van der Waals surface area contributed by atoms with Crippen molar-refractivity contribution < 1.29 is 22.7 Å². The van der Waals surface area contributed by atoms with E-state index in [9.17, 15) is 18.0 Å². The Balaban J connectivity index is 1.37. The number of hydrazine groups is 1. The van der Waals surface area contributed by atoms with E-state index in [2.05, 4.69) is 15.6 Å². The molecule has 1 fully saturated rings. The third-order valence-electron chi connectivity index (χ3n) is 4.76. The minimum absolute atomic E-state index is 0.0664. The Bertz CT molecular complexity index is 1200. The number of para-hydroxylation sites is 1. The van der Waals surface area contributed by atoms with Gasteiger partial charge < -0.3 is 4.74 Å². The van der Waals surface area contributed by atoms with Crippen molar-refractivity contribution in [3.63, 3.8) is 0 Å². The first-order valence-corrected chi connectivity index (χ1v) is 12.3. The summed E-state index contributed by atoms with van der Waals surface area (Å²) in [7, 11) is -3.82. The molecule has 4 rings (SSSR count). The summed E-state index contributed by atoms with van der Waals surface area (Å²) in [5.41, 5.74) is 5.17. The Morgan fingerprint density at radius 3 is 2.34 bits per heavy atom. The van der Waals surface area contributed by atoms with Gasteiger partial charge in [0.2, 0.25) is 0 Å². The second kappa shape index (κ2) is 9.41. The maximum Gasteiger partial charge on any atom is 0.271 e. The number of amides is 2. The van der Waals surface area contributed by atoms with Gasteiger partial charge in [0.15, 0.2) is 0 Å². The molecule has 2 aromatic carbocycles. The number of benzene rings is 2. The van der Waals surface area contributed by atoms with Crippen molar-refractivity contribution in [1.29, 1.82) is 0 Å². The van der Waals surface area contributed by atoms with E-state index in [1.54, 1.807) is 47.8 Å². The molecule has 1 heterocycles. The van der Waals surface area contributed by atoms with Crippen molar-refractivity contribution in [3.05, 3.63) is 77.2 Å². The molecule has 8 nitrogen and oxygen atoms in total. The zero-order chi connectivity index (χ0) is 22.6. The van der Waals surface area contributed by atoms with Crippen LogP contribution in [0.25, 0.3) is 0 Å². The van der Waals surface area contributed by atoms with E-state index >= 15 is 0 Å². The van der Waals surface area contributed by atoms with Gasteiger partial charge in [0.1, 0.15) is 9.96 Å². The van der Waals surface area contributed by atoms with Crippen LogP contribution in [0, 0.1) is 5.92 Å². The molecule has 1 aliphatic rings. The molecule has 0 unspecified atom stereocenters. The first-order chi connectivity index (χ1) is 15.4. The summed E-state index contributed by atoms with van der Waals surface area (Å²) in [6, 6.07) is 15.8. The number of carbonyl (C=O) groups is 2. The second-order valence-electron chi connectivity index (χ2n) is 7.27. The largest absolute Gasteiger partial charge is 0.493 e. The number of ether oxygens (including phenoxy) is 1. The van der Waals surface area contributed by atoms with Gasteiger partial charge in [0.05, 0.1) is 17.9 Å². The lowest BCUT2D eigenvalue weighted by Crippen LogP contribution is -2.41. The molecule has 0 saturated heterocycles. The molecule has 0 spiro atoms. The maximum absolute atomic E-state index is 12.6. The Morgan fingerprint density at radius 2 is 1.66 bits per heavy atom. The summed E-state index contributed by atoms with van der Waals surface area (Å²) in [5.74, 6) is 0.145. The Labute approximate surface area is 189 Å². The first kappa shape index (κ1) is 21.8. The minimum atomic E-state index is -3.82. The highest BCUT2D eigenvalue weighted by atomic mass is 32.2. The predicted molar refractivity (Wildman–Crippen MR) is 121 cm³/mol. The lowest BCUT2D eigenvalue weighted by molar-refractivity contribution is 0.0847. The molecule has 1 aromatic heterocycles. The summed E-state index contributed by atoms with van der Waals surface area (Å²) in [6.45, 7) is 0.678. The normalized spacial score (nSPS) is 13.2. The fourth-order valence-electron chi connectivity index (χ4n) is 2.84. The number of thiophene rings is 1. The van der Waals surface area contributed by atoms with E-state index in [-0.39, 0.29) is 15.5 Å². The zero-order valence-corrected chi connectivity index (χ0v) is 18.5. The van der Waals surface area contributed by atoms with Crippen LogP contribution in [0.1, 0.15) is 33.6 Å². The number of hydrogen-bond donors (Lipinski definition) is 3. The molecular formula is C22H21N3O5S2. The third-order valence-corrected chi connectivity index (χ3v) is 7.53. The van der Waals surface area contributed by atoms with Crippen LogP contribution >= 0.6 is 11.3 Å². The van der Waals surface area contributed by atoms with Crippen LogP contribution in [0.4, 0.5) is 5.69 Å². The van der Waals surface area contributed by atoms with Crippen LogP contribution in [-0.4, -0.2) is 26.8 Å². The van der Waals surface area contributed by atoms with Crippen LogP contribution < -0.4 is 20.3 Å². The molecule has 32 heavy (non-hydrogen) atoms. The SMILES string of the molecule is O=C(NNC(=O)c1ccccc1NS(=O)(=O)c1cccs1)c1ccc(OCC2CC2)cc1. The van der Waals surface area contributed by atoms with Crippen molar-refractivity contribution in [2.45, 2.75) is 17.1 Å². The van der Waals surface area contributed by atoms with Crippen molar-refractivity contribution in [2.75, 3.05) is 11.3 Å². The smallest absolute Gasteiger partial charge is 0.271 e. The molecule has 166 valence electrons. The van der Waals surface area contributed by atoms with Gasteiger partial charge in [-0.1, -0.05) is 18.2 Å². The number of rotatable bonds is 8. The van der Waals surface area contributed by atoms with Gasteiger partial charge in [-0.25, -0.2) is 8.42 Å². The van der Waals surface area contributed by atoms with Crippen molar-refractivity contribution in [1.82, 2.24) is 10.9 Å².